The molecule has 0 bridgehead atoms. The fraction of sp³-hybridized carbons (Fsp3) is 0.0909. The summed E-state index contributed by atoms with van der Waals surface area (Å²) in [5.74, 6) is -2.93. The molecule has 5 nitrogen and oxygen atoms in total. The number of aliphatic carboxylic acids is 2. The number of carboxylic acids is 2. The molecule has 1 aromatic carbocycles. The Bertz CT molecular complexity index is 418. The van der Waals surface area contributed by atoms with Gasteiger partial charge in [-0.1, -0.05) is 24.3 Å². The van der Waals surface area contributed by atoms with Gasteiger partial charge in [-0.15, -0.1) is 0 Å². The highest BCUT2D eigenvalue weighted by Gasteiger charge is 2.15. The van der Waals surface area contributed by atoms with Crippen molar-refractivity contribution in [2.75, 3.05) is 0 Å². The van der Waals surface area contributed by atoms with Crippen LogP contribution in [0, 0.1) is 0 Å². The SMILES string of the molecule is NCc1ccc(C=C(C(=O)O)C(=O)O)cc1. The minimum absolute atomic E-state index is 0.384. The van der Waals surface area contributed by atoms with Crippen molar-refractivity contribution in [1.82, 2.24) is 0 Å². The first-order chi connectivity index (χ1) is 7.54. The number of benzene rings is 1. The molecule has 0 aliphatic carbocycles. The van der Waals surface area contributed by atoms with Crippen LogP contribution in [0.5, 0.6) is 0 Å². The van der Waals surface area contributed by atoms with Crippen LogP contribution in [0.25, 0.3) is 6.08 Å². The van der Waals surface area contributed by atoms with Crippen molar-refractivity contribution in [3.63, 3.8) is 0 Å². The van der Waals surface area contributed by atoms with E-state index in [1.165, 1.54) is 0 Å². The van der Waals surface area contributed by atoms with Crippen LogP contribution in [0.2, 0.25) is 0 Å². The van der Waals surface area contributed by atoms with E-state index in [4.69, 9.17) is 15.9 Å². The maximum atomic E-state index is 10.6. The summed E-state index contributed by atoms with van der Waals surface area (Å²) in [6.07, 6.45) is 1.10. The average molecular weight is 221 g/mol. The summed E-state index contributed by atoms with van der Waals surface area (Å²) in [5, 5.41) is 17.3. The van der Waals surface area contributed by atoms with Gasteiger partial charge < -0.3 is 15.9 Å². The predicted octanol–water partition coefficient (Wildman–Crippen LogP) is 0.698. The Labute approximate surface area is 91.8 Å². The van der Waals surface area contributed by atoms with E-state index in [0.29, 0.717) is 12.1 Å². The normalized spacial score (nSPS) is 9.56. The maximum absolute atomic E-state index is 10.6. The summed E-state index contributed by atoms with van der Waals surface area (Å²) in [6, 6.07) is 6.67. The van der Waals surface area contributed by atoms with Gasteiger partial charge in [0.25, 0.3) is 0 Å². The lowest BCUT2D eigenvalue weighted by atomic mass is 10.1. The smallest absolute Gasteiger partial charge is 0.343 e. The minimum atomic E-state index is -1.46. The van der Waals surface area contributed by atoms with E-state index in [1.807, 2.05) is 0 Å². The van der Waals surface area contributed by atoms with E-state index in [0.717, 1.165) is 11.6 Å². The van der Waals surface area contributed by atoms with Crippen LogP contribution in [-0.2, 0) is 16.1 Å². The number of hydrogen-bond acceptors (Lipinski definition) is 3. The second kappa shape index (κ2) is 5.09. The van der Waals surface area contributed by atoms with Gasteiger partial charge in [-0.05, 0) is 17.2 Å². The van der Waals surface area contributed by atoms with E-state index in [1.54, 1.807) is 24.3 Å². The Hall–Kier alpha value is -2.14. The van der Waals surface area contributed by atoms with Crippen LogP contribution in [0.4, 0.5) is 0 Å². The van der Waals surface area contributed by atoms with Crippen molar-refractivity contribution in [2.45, 2.75) is 6.54 Å². The van der Waals surface area contributed by atoms with E-state index in [2.05, 4.69) is 0 Å². The molecular formula is C11H11NO4. The van der Waals surface area contributed by atoms with Gasteiger partial charge in [0, 0.05) is 6.54 Å². The summed E-state index contributed by atoms with van der Waals surface area (Å²) in [5.41, 5.74) is 6.13. The molecule has 0 aliphatic heterocycles. The predicted molar refractivity (Wildman–Crippen MR) is 57.6 cm³/mol. The molecule has 0 amide bonds. The first-order valence-corrected chi connectivity index (χ1v) is 4.52. The third kappa shape index (κ3) is 2.93. The van der Waals surface area contributed by atoms with Crippen molar-refractivity contribution in [3.05, 3.63) is 41.0 Å². The lowest BCUT2D eigenvalue weighted by molar-refractivity contribution is -0.139. The third-order valence-corrected chi connectivity index (χ3v) is 1.99. The minimum Gasteiger partial charge on any atom is -0.477 e. The number of carboxylic acid groups (broad SMARTS) is 2. The second-order valence-corrected chi connectivity index (χ2v) is 3.11. The summed E-state index contributed by atoms with van der Waals surface area (Å²) >= 11 is 0. The molecule has 0 aromatic heterocycles. The lowest BCUT2D eigenvalue weighted by Crippen LogP contribution is -2.10. The van der Waals surface area contributed by atoms with Crippen LogP contribution >= 0.6 is 0 Å². The fourth-order valence-corrected chi connectivity index (χ4v) is 1.13. The Balaban J connectivity index is 3.04. The Morgan fingerprint density at radius 1 is 1.12 bits per heavy atom. The van der Waals surface area contributed by atoms with Crippen molar-refractivity contribution >= 4 is 18.0 Å². The summed E-state index contributed by atoms with van der Waals surface area (Å²) in [4.78, 5) is 21.2. The molecule has 16 heavy (non-hydrogen) atoms. The molecule has 0 radical (unpaired) electrons. The molecule has 84 valence electrons. The number of nitrogens with two attached hydrogens (primary N) is 1. The summed E-state index contributed by atoms with van der Waals surface area (Å²) in [6.45, 7) is 0.384. The van der Waals surface area contributed by atoms with Gasteiger partial charge in [-0.3, -0.25) is 0 Å². The molecular weight excluding hydrogens is 210 g/mol. The van der Waals surface area contributed by atoms with Crippen LogP contribution in [0.3, 0.4) is 0 Å². The van der Waals surface area contributed by atoms with Gasteiger partial charge in [0.1, 0.15) is 5.57 Å². The molecule has 4 N–H and O–H groups in total. The van der Waals surface area contributed by atoms with Crippen LogP contribution in [0.1, 0.15) is 11.1 Å². The molecule has 0 spiro atoms. The summed E-state index contributed by atoms with van der Waals surface area (Å²) in [7, 11) is 0. The largest absolute Gasteiger partial charge is 0.477 e. The molecule has 0 atom stereocenters. The van der Waals surface area contributed by atoms with Gasteiger partial charge in [0.15, 0.2) is 0 Å². The van der Waals surface area contributed by atoms with Gasteiger partial charge in [-0.25, -0.2) is 9.59 Å². The van der Waals surface area contributed by atoms with Crippen molar-refractivity contribution in [2.24, 2.45) is 5.73 Å². The Morgan fingerprint density at radius 3 is 2.00 bits per heavy atom. The Kier molecular flexibility index (Phi) is 3.79. The standard InChI is InChI=1S/C11H11NO4/c12-6-8-3-1-7(2-4-8)5-9(10(13)14)11(15)16/h1-5H,6,12H2,(H,13,14)(H,15,16). The molecule has 5 heteroatoms. The van der Waals surface area contributed by atoms with E-state index < -0.39 is 17.5 Å². The van der Waals surface area contributed by atoms with Crippen LogP contribution in [-0.4, -0.2) is 22.2 Å². The zero-order chi connectivity index (χ0) is 12.1. The third-order valence-electron chi connectivity index (χ3n) is 1.99. The highest BCUT2D eigenvalue weighted by atomic mass is 16.4. The topological polar surface area (TPSA) is 101 Å². The molecule has 0 saturated heterocycles. The number of rotatable bonds is 4. The quantitative estimate of drug-likeness (QED) is 0.394. The van der Waals surface area contributed by atoms with Gasteiger partial charge in [0.2, 0.25) is 0 Å². The van der Waals surface area contributed by atoms with Crippen molar-refractivity contribution in [3.8, 4) is 0 Å². The highest BCUT2D eigenvalue weighted by Crippen LogP contribution is 2.09. The van der Waals surface area contributed by atoms with Crippen molar-refractivity contribution in [1.29, 1.82) is 0 Å². The van der Waals surface area contributed by atoms with Gasteiger partial charge >= 0.3 is 11.9 Å². The van der Waals surface area contributed by atoms with Crippen LogP contribution in [0.15, 0.2) is 29.8 Å². The zero-order valence-electron chi connectivity index (χ0n) is 8.38. The van der Waals surface area contributed by atoms with E-state index in [9.17, 15) is 9.59 Å². The average Bonchev–Trinajstić information content (AvgIpc) is 2.25. The van der Waals surface area contributed by atoms with Crippen LogP contribution < -0.4 is 5.73 Å². The van der Waals surface area contributed by atoms with Gasteiger partial charge in [0.05, 0.1) is 0 Å². The van der Waals surface area contributed by atoms with Gasteiger partial charge in [-0.2, -0.15) is 0 Å². The molecule has 1 aromatic rings. The van der Waals surface area contributed by atoms with E-state index >= 15 is 0 Å². The van der Waals surface area contributed by atoms with Crippen molar-refractivity contribution < 1.29 is 19.8 Å². The molecule has 0 heterocycles. The summed E-state index contributed by atoms with van der Waals surface area (Å²) < 4.78 is 0. The monoisotopic (exact) mass is 221 g/mol. The second-order valence-electron chi connectivity index (χ2n) is 3.11. The first kappa shape index (κ1) is 11.9. The fourth-order valence-electron chi connectivity index (χ4n) is 1.13. The molecule has 0 saturated carbocycles. The Morgan fingerprint density at radius 2 is 1.62 bits per heavy atom. The molecule has 0 aliphatic rings. The number of carbonyl (C=O) groups is 2. The highest BCUT2D eigenvalue weighted by molar-refractivity contribution is 6.16. The first-order valence-electron chi connectivity index (χ1n) is 4.52. The lowest BCUT2D eigenvalue weighted by Gasteiger charge is -1.99. The number of hydrogen-bond donors (Lipinski definition) is 3. The molecule has 0 unspecified atom stereocenters. The zero-order valence-corrected chi connectivity index (χ0v) is 8.38. The maximum Gasteiger partial charge on any atom is 0.343 e. The van der Waals surface area contributed by atoms with E-state index in [-0.39, 0.29) is 0 Å². The molecule has 1 rings (SSSR count). The molecule has 0 fully saturated rings.